The molecule has 22 rings (SSSR count). The van der Waals surface area contributed by atoms with Crippen molar-refractivity contribution in [3.05, 3.63) is 0 Å². The van der Waals surface area contributed by atoms with Gasteiger partial charge in [-0.3, -0.25) is 0 Å². The predicted molar refractivity (Wildman–Crippen MR) is 238 cm³/mol. The molecule has 31 nitrogen and oxygen atoms in total. The quantitative estimate of drug-likeness (QED) is 0.0854. The van der Waals surface area contributed by atoms with Crippen LogP contribution in [0.1, 0.15) is 6.42 Å². The van der Waals surface area contributed by atoms with Gasteiger partial charge in [-0.2, -0.15) is 0 Å². The highest BCUT2D eigenvalue weighted by Crippen LogP contribution is 2.38. The summed E-state index contributed by atoms with van der Waals surface area (Å²) in [5.41, 5.74) is 0. The molecule has 22 fully saturated rings. The molecule has 22 aliphatic rings. The van der Waals surface area contributed by atoms with Gasteiger partial charge in [0.15, 0.2) is 37.7 Å². The second kappa shape index (κ2) is 25.3. The molecule has 0 spiro atoms. The first-order valence-corrected chi connectivity index (χ1v) is 25.0. The maximum Gasteiger partial charge on any atom is 0.187 e. The number of likely N-dealkylation sites (N-methyl/N-ethyl adjacent to an activating group) is 1. The van der Waals surface area contributed by atoms with Gasteiger partial charge in [-0.15, -0.1) is 0 Å². The highest BCUT2D eigenvalue weighted by atomic mass is 16.8. The molecule has 22 heterocycles. The van der Waals surface area contributed by atoms with Crippen LogP contribution in [0, 0.1) is 0 Å². The number of hydrogen-bond donors (Lipinski definition) is 17. The monoisotopic (exact) mass is 1100 g/mol. The van der Waals surface area contributed by atoms with E-state index < -0.39 is 217 Å². The molecule has 75 heavy (non-hydrogen) atoms. The highest BCUT2D eigenvalue weighted by molar-refractivity contribution is 5.01. The first-order valence-electron chi connectivity index (χ1n) is 25.0. The zero-order chi connectivity index (χ0) is 55.2. The van der Waals surface area contributed by atoms with Crippen molar-refractivity contribution in [2.45, 2.75) is 191 Å². The molecule has 0 amide bonds. The molecule has 0 aliphatic carbocycles. The number of rotatable bonds is 11. The minimum Gasteiger partial charge on any atom is -0.394 e. The lowest BCUT2D eigenvalue weighted by molar-refractivity contribution is -0.905. The Bertz CT molecular complexity index is 1760. The van der Waals surface area contributed by atoms with Gasteiger partial charge < -0.3 is 153 Å². The average molecular weight is 1100 g/mol. The number of nitrogens with zero attached hydrogens (tertiary/aromatic N) is 2. The molecule has 0 radical (unpaired) electrons. The van der Waals surface area contributed by atoms with E-state index in [1.807, 2.05) is 35.2 Å². The van der Waals surface area contributed by atoms with Gasteiger partial charge >= 0.3 is 0 Å². The van der Waals surface area contributed by atoms with Crippen molar-refractivity contribution in [2.24, 2.45) is 0 Å². The van der Waals surface area contributed by atoms with Crippen molar-refractivity contribution in [1.82, 2.24) is 0 Å². The summed E-state index contributed by atoms with van der Waals surface area (Å²) >= 11 is 0. The summed E-state index contributed by atoms with van der Waals surface area (Å²) in [6.07, 6.45) is -56.4. The maximum absolute atomic E-state index is 11.9. The van der Waals surface area contributed by atoms with E-state index in [1.54, 1.807) is 0 Å². The van der Waals surface area contributed by atoms with E-state index in [4.69, 9.17) is 56.8 Å². The van der Waals surface area contributed by atoms with Crippen molar-refractivity contribution in [1.29, 1.82) is 0 Å². The lowest BCUT2D eigenvalue weighted by Gasteiger charge is -2.51. The molecular weight excluding hydrogens is 1020 g/mol. The van der Waals surface area contributed by atoms with Crippen molar-refractivity contribution in [2.75, 3.05) is 87.9 Å². The Hall–Kier alpha value is -1.24. The summed E-state index contributed by atoms with van der Waals surface area (Å²) in [5, 5.41) is 190. The van der Waals surface area contributed by atoms with Gasteiger partial charge in [-0.1, -0.05) is 0 Å². The molecule has 31 heteroatoms. The summed E-state index contributed by atoms with van der Waals surface area (Å²) in [5.74, 6) is 0. The summed E-state index contributed by atoms with van der Waals surface area (Å²) in [6.45, 7) is -3.63. The van der Waals surface area contributed by atoms with Crippen LogP contribution >= 0.6 is 0 Å². The molecule has 22 saturated heterocycles. The Morgan fingerprint density at radius 2 is 0.467 bits per heavy atom. The molecule has 0 aromatic rings. The van der Waals surface area contributed by atoms with Crippen LogP contribution in [0.2, 0.25) is 0 Å². The number of ether oxygens (including phenoxy) is 12. The highest BCUT2D eigenvalue weighted by Gasteiger charge is 2.59. The Balaban J connectivity index is 1.22. The van der Waals surface area contributed by atoms with E-state index in [0.717, 1.165) is 6.54 Å². The van der Waals surface area contributed by atoms with E-state index in [0.29, 0.717) is 17.4 Å². The fourth-order valence-corrected chi connectivity index (χ4v) is 10.5. The normalized spacial score (nSPS) is 50.6. The molecule has 0 aromatic heterocycles. The fraction of sp³-hybridized carbons (Fsp3) is 1.00. The van der Waals surface area contributed by atoms with Crippen molar-refractivity contribution >= 4 is 0 Å². The second-order valence-corrected chi connectivity index (χ2v) is 21.9. The maximum atomic E-state index is 11.9. The molecule has 0 saturated carbocycles. The number of hydrogen-bond acceptors (Lipinski definition) is 29. The largest absolute Gasteiger partial charge is 0.394 e. The van der Waals surface area contributed by atoms with Crippen LogP contribution in [0.4, 0.5) is 0 Å². The standard InChI is InChI=1S/C44H80N2O29/c1-45(2,3)7-6-8-46(4,5)9-15-33-21(52)27(58)39(64-15)71-34-16(10-47)66-41(29(60)23(34)54)73-36-18(12-49)68-43(31(62)25(36)56)75-38-20(14-51)69-44(32(63)26(38)57)74-37-19(13-50)67-42(30(61)24(37)55)72-35-17(11-48)65-40(70-33)28(59)22(35)53/h15-44,47-63H,6-14H2,1-5H3/q+2/t15-,16-,17-,18-,19-,20-,21-,22-,23-,24-,25-,26-,27-,28-,29-,30-,31-,32-,33-,34-,35-,36-,37-,38-,39-,40-,41-,42-,43-,44-/m1/s1. The molecule has 0 aromatic carbocycles. The van der Waals surface area contributed by atoms with Crippen LogP contribution in [0.15, 0.2) is 0 Å². The summed E-state index contributed by atoms with van der Waals surface area (Å²) in [4.78, 5) is 0. The Morgan fingerprint density at radius 1 is 0.267 bits per heavy atom. The topological polar surface area (TPSA) is 455 Å². The number of quaternary nitrogens is 2. The Morgan fingerprint density at radius 3 is 0.667 bits per heavy atom. The molecule has 0 unspecified atom stereocenters. The minimum absolute atomic E-state index is 0.0156. The van der Waals surface area contributed by atoms with Gasteiger partial charge in [0.2, 0.25) is 0 Å². The van der Waals surface area contributed by atoms with Crippen molar-refractivity contribution < 1.29 is 153 Å². The minimum atomic E-state index is -2.14. The third-order valence-corrected chi connectivity index (χ3v) is 14.8. The summed E-state index contributed by atoms with van der Waals surface area (Å²) < 4.78 is 71.2. The third-order valence-electron chi connectivity index (χ3n) is 14.8. The van der Waals surface area contributed by atoms with E-state index in [9.17, 15) is 86.8 Å². The van der Waals surface area contributed by atoms with Crippen LogP contribution in [0.3, 0.4) is 0 Å². The van der Waals surface area contributed by atoms with E-state index in [-0.39, 0.29) is 11.0 Å². The molecule has 22 aliphatic heterocycles. The Labute approximate surface area is 430 Å². The van der Waals surface area contributed by atoms with Gasteiger partial charge in [0, 0.05) is 6.42 Å². The molecule has 30 atom stereocenters. The van der Waals surface area contributed by atoms with Gasteiger partial charge in [-0.05, 0) is 0 Å². The predicted octanol–water partition coefficient (Wildman–Crippen LogP) is -11.9. The average Bonchev–Trinajstić information content (AvgIpc) is 3.36. The SMILES string of the molecule is C[N+](C)(C)CCC[N+](C)(C)C[C@H]1O[C@@H]2O[C@H]3[C@H](O)[C@@H](O)[C@@H](O[C@H]4[C@H](O)[C@@H](O)[C@@H](O[C@H]5[C@H](O)[C@@H](O)[C@@H](O[C@H]6[C@H](O)[C@@H](O)[C@@H](O[C@H]7[C@H](O)[C@@H](O)[C@@H](O[C@H]1[C@H](O)[C@H]2O)O[C@@H]7CO)O[C@@H]6CO)O[C@@H]5CO)O[C@@H]4CO)O[C@@H]3CO. The zero-order valence-corrected chi connectivity index (χ0v) is 42.1. The second-order valence-electron chi connectivity index (χ2n) is 21.9. The van der Waals surface area contributed by atoms with Crippen molar-refractivity contribution in [3.63, 3.8) is 0 Å². The van der Waals surface area contributed by atoms with E-state index in [1.165, 1.54) is 0 Å². The van der Waals surface area contributed by atoms with E-state index >= 15 is 0 Å². The summed E-state index contributed by atoms with van der Waals surface area (Å²) in [7, 11) is 9.70. The number of aliphatic hydroxyl groups is 17. The van der Waals surface area contributed by atoms with Gasteiger partial charge in [-0.25, -0.2) is 0 Å². The van der Waals surface area contributed by atoms with E-state index in [2.05, 4.69) is 0 Å². The van der Waals surface area contributed by atoms with Crippen LogP contribution in [-0.4, -0.2) is 368 Å². The first kappa shape index (κ1) is 61.4. The molecule has 12 bridgehead atoms. The van der Waals surface area contributed by atoms with Gasteiger partial charge in [0.05, 0.1) is 81.4 Å². The van der Waals surface area contributed by atoms with Crippen LogP contribution in [0.5, 0.6) is 0 Å². The smallest absolute Gasteiger partial charge is 0.187 e. The van der Waals surface area contributed by atoms with Gasteiger partial charge in [0.25, 0.3) is 0 Å². The fourth-order valence-electron chi connectivity index (χ4n) is 10.5. The van der Waals surface area contributed by atoms with Gasteiger partial charge in [0.1, 0.15) is 153 Å². The van der Waals surface area contributed by atoms with Crippen LogP contribution < -0.4 is 0 Å². The first-order chi connectivity index (χ1) is 35.3. The third kappa shape index (κ3) is 13.3. The Kier molecular flexibility index (Phi) is 20.7. The zero-order valence-electron chi connectivity index (χ0n) is 42.1. The number of aliphatic hydroxyl groups excluding tert-OH is 17. The molecule has 438 valence electrons. The van der Waals surface area contributed by atoms with Crippen LogP contribution in [0.25, 0.3) is 0 Å². The molecule has 17 N–H and O–H groups in total. The summed E-state index contributed by atoms with van der Waals surface area (Å²) in [6, 6.07) is 0. The van der Waals surface area contributed by atoms with Crippen molar-refractivity contribution in [3.8, 4) is 0 Å². The molecular formula is C44H80N2O29+2. The lowest BCUT2D eigenvalue weighted by Crippen LogP contribution is -2.69. The lowest BCUT2D eigenvalue weighted by atomic mass is 9.94. The van der Waals surface area contributed by atoms with Crippen LogP contribution in [-0.2, 0) is 56.8 Å².